The van der Waals surface area contributed by atoms with Crippen LogP contribution in [-0.4, -0.2) is 34.4 Å². The molecule has 0 amide bonds. The number of para-hydroxylation sites is 1. The van der Waals surface area contributed by atoms with Crippen LogP contribution in [0.3, 0.4) is 0 Å². The Labute approximate surface area is 203 Å². The minimum atomic E-state index is -0.592. The highest BCUT2D eigenvalue weighted by Gasteiger charge is 2.33. The molecule has 7 heteroatoms. The maximum Gasteiger partial charge on any atom is 0.344 e. The van der Waals surface area contributed by atoms with Crippen molar-refractivity contribution in [2.24, 2.45) is 10.9 Å². The molecule has 0 saturated heterocycles. The summed E-state index contributed by atoms with van der Waals surface area (Å²) in [5, 5.41) is 12.5. The van der Waals surface area contributed by atoms with E-state index < -0.39 is 5.97 Å². The van der Waals surface area contributed by atoms with Gasteiger partial charge >= 0.3 is 5.97 Å². The lowest BCUT2D eigenvalue weighted by Crippen LogP contribution is -2.12. The molecule has 2 aromatic carbocycles. The first-order chi connectivity index (χ1) is 16.4. The summed E-state index contributed by atoms with van der Waals surface area (Å²) in [5.74, 6) is 0.497. The highest BCUT2D eigenvalue weighted by Crippen LogP contribution is 2.41. The van der Waals surface area contributed by atoms with Crippen LogP contribution in [0.1, 0.15) is 26.3 Å². The number of aliphatic hydroxyl groups is 1. The van der Waals surface area contributed by atoms with Crippen LogP contribution in [0.2, 0.25) is 0 Å². The minimum Gasteiger partial charge on any atom is -0.506 e. The Morgan fingerprint density at radius 2 is 1.91 bits per heavy atom. The highest BCUT2D eigenvalue weighted by molar-refractivity contribution is 8.18. The number of aliphatic imine (C=N–C) groups is 1. The molecule has 1 aliphatic heterocycles. The summed E-state index contributed by atoms with van der Waals surface area (Å²) in [5.41, 5.74) is 2.83. The summed E-state index contributed by atoms with van der Waals surface area (Å²) in [6, 6.07) is 15.4. The van der Waals surface area contributed by atoms with Gasteiger partial charge < -0.3 is 19.1 Å². The number of nitrogens with zero attached hydrogens (tertiary/aromatic N) is 2. The quantitative estimate of drug-likeness (QED) is 0.394. The number of carbonyl (C=O) groups excluding carboxylic acids is 1. The maximum absolute atomic E-state index is 12.7. The number of ether oxygens (including phenoxy) is 2. The molecule has 0 aliphatic carbocycles. The lowest BCUT2D eigenvalue weighted by Gasteiger charge is -2.07. The minimum absolute atomic E-state index is 0.0832. The van der Waals surface area contributed by atoms with E-state index in [2.05, 4.69) is 41.7 Å². The molecule has 0 spiro atoms. The molecule has 0 unspecified atom stereocenters. The molecular weight excluding hydrogens is 448 g/mol. The van der Waals surface area contributed by atoms with Crippen LogP contribution in [0.15, 0.2) is 76.0 Å². The van der Waals surface area contributed by atoms with Gasteiger partial charge in [0.15, 0.2) is 0 Å². The van der Waals surface area contributed by atoms with Crippen molar-refractivity contribution in [3.05, 3.63) is 76.5 Å². The van der Waals surface area contributed by atoms with Gasteiger partial charge in [-0.3, -0.25) is 0 Å². The number of fused-ring (bicyclic) bond motifs is 1. The van der Waals surface area contributed by atoms with E-state index in [4.69, 9.17) is 9.47 Å². The average molecular weight is 477 g/mol. The van der Waals surface area contributed by atoms with Crippen LogP contribution >= 0.6 is 11.8 Å². The Morgan fingerprint density at radius 1 is 1.18 bits per heavy atom. The van der Waals surface area contributed by atoms with E-state index >= 15 is 0 Å². The molecule has 1 aromatic heterocycles. The molecular formula is C27H28N2O4S. The van der Waals surface area contributed by atoms with Gasteiger partial charge in [-0.2, -0.15) is 0 Å². The molecule has 4 rings (SSSR count). The number of benzene rings is 2. The zero-order chi connectivity index (χ0) is 24.2. The second-order valence-electron chi connectivity index (χ2n) is 8.32. The molecule has 34 heavy (non-hydrogen) atoms. The Bertz CT molecular complexity index is 1300. The largest absolute Gasteiger partial charge is 0.506 e. The molecule has 0 atom stereocenters. The first-order valence-corrected chi connectivity index (χ1v) is 12.0. The number of aromatic nitrogens is 1. The molecule has 0 radical (unpaired) electrons. The SMILES string of the molecule is CCOC(=O)C1=C(O)/C(=C/c2cn(CC(C)C)c3ccccc23)SC1=Nc1ccc(OC)cc1. The van der Waals surface area contributed by atoms with Gasteiger partial charge in [0.2, 0.25) is 0 Å². The van der Waals surface area contributed by atoms with Crippen molar-refractivity contribution in [3.63, 3.8) is 0 Å². The van der Waals surface area contributed by atoms with E-state index in [1.54, 1.807) is 38.3 Å². The summed E-state index contributed by atoms with van der Waals surface area (Å²) >= 11 is 1.26. The predicted octanol–water partition coefficient (Wildman–Crippen LogP) is 6.50. The monoisotopic (exact) mass is 476 g/mol. The second kappa shape index (κ2) is 10.2. The summed E-state index contributed by atoms with van der Waals surface area (Å²) in [4.78, 5) is 17.9. The summed E-state index contributed by atoms with van der Waals surface area (Å²) in [6.07, 6.45) is 4.00. The molecule has 0 fully saturated rings. The van der Waals surface area contributed by atoms with Crippen LogP contribution in [0.4, 0.5) is 5.69 Å². The van der Waals surface area contributed by atoms with Crippen molar-refractivity contribution in [1.82, 2.24) is 4.57 Å². The van der Waals surface area contributed by atoms with Crippen molar-refractivity contribution in [3.8, 4) is 5.75 Å². The van der Waals surface area contributed by atoms with Crippen molar-refractivity contribution in [2.45, 2.75) is 27.3 Å². The van der Waals surface area contributed by atoms with Gasteiger partial charge in [0.05, 0.1) is 24.3 Å². The molecule has 1 N–H and O–H groups in total. The third kappa shape index (κ3) is 4.89. The Hall–Kier alpha value is -3.45. The lowest BCUT2D eigenvalue weighted by atomic mass is 10.1. The van der Waals surface area contributed by atoms with Crippen LogP contribution in [0.5, 0.6) is 5.75 Å². The zero-order valence-corrected chi connectivity index (χ0v) is 20.6. The van der Waals surface area contributed by atoms with Crippen molar-refractivity contribution in [2.75, 3.05) is 13.7 Å². The molecule has 3 aromatic rings. The third-order valence-electron chi connectivity index (χ3n) is 5.34. The normalized spacial score (nSPS) is 16.3. The predicted molar refractivity (Wildman–Crippen MR) is 139 cm³/mol. The van der Waals surface area contributed by atoms with Crippen molar-refractivity contribution < 1.29 is 19.4 Å². The fourth-order valence-electron chi connectivity index (χ4n) is 3.84. The van der Waals surface area contributed by atoms with Crippen LogP contribution < -0.4 is 4.74 Å². The molecule has 0 bridgehead atoms. The Morgan fingerprint density at radius 3 is 2.59 bits per heavy atom. The third-order valence-corrected chi connectivity index (χ3v) is 6.36. The van der Waals surface area contributed by atoms with E-state index in [1.165, 1.54) is 11.8 Å². The van der Waals surface area contributed by atoms with Gasteiger partial charge in [0.25, 0.3) is 0 Å². The smallest absolute Gasteiger partial charge is 0.344 e. The standard InChI is InChI=1S/C27H28N2O4S/c1-5-33-27(31)24-25(30)23(34-26(24)28-19-10-12-20(32-4)13-11-19)14-18-16-29(15-17(2)3)22-9-7-6-8-21(18)22/h6-14,16-17,30H,5,15H2,1-4H3/b23-14-,28-26?. The maximum atomic E-state index is 12.7. The number of thioether (sulfide) groups is 1. The molecule has 2 heterocycles. The molecule has 176 valence electrons. The zero-order valence-electron chi connectivity index (χ0n) is 19.7. The van der Waals surface area contributed by atoms with E-state index in [0.29, 0.717) is 27.3 Å². The van der Waals surface area contributed by atoms with Crippen LogP contribution in [-0.2, 0) is 16.1 Å². The number of rotatable bonds is 7. The molecule has 1 aliphatic rings. The Kier molecular flexibility index (Phi) is 7.12. The number of esters is 1. The average Bonchev–Trinajstić information content (AvgIpc) is 3.31. The first-order valence-electron chi connectivity index (χ1n) is 11.2. The van der Waals surface area contributed by atoms with Crippen LogP contribution in [0, 0.1) is 5.92 Å². The van der Waals surface area contributed by atoms with Gasteiger partial charge in [-0.1, -0.05) is 43.8 Å². The highest BCUT2D eigenvalue weighted by atomic mass is 32.2. The van der Waals surface area contributed by atoms with Crippen molar-refractivity contribution in [1.29, 1.82) is 0 Å². The second-order valence-corrected chi connectivity index (χ2v) is 9.35. The van der Waals surface area contributed by atoms with E-state index in [0.717, 1.165) is 23.0 Å². The fourth-order valence-corrected chi connectivity index (χ4v) is 4.87. The van der Waals surface area contributed by atoms with E-state index in [9.17, 15) is 9.90 Å². The number of carbonyl (C=O) groups is 1. The van der Waals surface area contributed by atoms with Gasteiger partial charge in [0.1, 0.15) is 22.1 Å². The first kappa shape index (κ1) is 23.7. The number of aliphatic hydroxyl groups excluding tert-OH is 1. The fraction of sp³-hybridized carbons (Fsp3) is 0.259. The molecule has 0 saturated carbocycles. The number of hydrogen-bond donors (Lipinski definition) is 1. The van der Waals surface area contributed by atoms with E-state index in [1.807, 2.05) is 18.2 Å². The van der Waals surface area contributed by atoms with Crippen molar-refractivity contribution >= 4 is 45.4 Å². The van der Waals surface area contributed by atoms with Crippen LogP contribution in [0.25, 0.3) is 17.0 Å². The lowest BCUT2D eigenvalue weighted by molar-refractivity contribution is -0.138. The van der Waals surface area contributed by atoms with E-state index in [-0.39, 0.29) is 17.9 Å². The van der Waals surface area contributed by atoms with Gasteiger partial charge in [-0.25, -0.2) is 9.79 Å². The number of methoxy groups -OCH3 is 1. The van der Waals surface area contributed by atoms with Gasteiger partial charge in [-0.15, -0.1) is 0 Å². The van der Waals surface area contributed by atoms with Gasteiger partial charge in [-0.05, 0) is 49.2 Å². The Balaban J connectivity index is 1.78. The summed E-state index contributed by atoms with van der Waals surface area (Å²) in [6.45, 7) is 7.19. The summed E-state index contributed by atoms with van der Waals surface area (Å²) < 4.78 is 12.6. The topological polar surface area (TPSA) is 73.0 Å². The summed E-state index contributed by atoms with van der Waals surface area (Å²) in [7, 11) is 1.60. The van der Waals surface area contributed by atoms with Gasteiger partial charge in [0, 0.05) is 29.2 Å². The molecule has 6 nitrogen and oxygen atoms in total. The number of hydrogen-bond acceptors (Lipinski definition) is 6.